The van der Waals surface area contributed by atoms with E-state index in [1.165, 1.54) is 0 Å². The molecule has 0 radical (unpaired) electrons. The molecule has 0 saturated carbocycles. The van der Waals surface area contributed by atoms with Crippen molar-refractivity contribution in [1.29, 1.82) is 0 Å². The monoisotopic (exact) mass is 231 g/mol. The van der Waals surface area contributed by atoms with E-state index in [1.54, 1.807) is 6.92 Å². The van der Waals surface area contributed by atoms with Gasteiger partial charge in [0.2, 0.25) is 5.89 Å². The molecule has 1 aliphatic rings. The molecule has 2 heterocycles. The first-order valence-corrected chi connectivity index (χ1v) is 5.74. The Morgan fingerprint density at radius 1 is 1.47 bits per heavy atom. The lowest BCUT2D eigenvalue weighted by molar-refractivity contribution is 0.0972. The van der Waals surface area contributed by atoms with E-state index in [2.05, 4.69) is 10.1 Å². The zero-order valence-electron chi connectivity index (χ0n) is 9.64. The molecule has 0 fully saturated rings. The fraction of sp³-hybridized carbons (Fsp3) is 0.417. The van der Waals surface area contributed by atoms with E-state index >= 15 is 0 Å². The van der Waals surface area contributed by atoms with Crippen molar-refractivity contribution < 1.29 is 9.32 Å². The van der Waals surface area contributed by atoms with Gasteiger partial charge < -0.3 is 9.09 Å². The second-order valence-electron chi connectivity index (χ2n) is 4.31. The van der Waals surface area contributed by atoms with Crippen molar-refractivity contribution >= 4 is 5.78 Å². The highest BCUT2D eigenvalue weighted by molar-refractivity contribution is 5.98. The number of hydrogen-bond acceptors (Lipinski definition) is 4. The number of aryl methyl sites for hydroxylation is 1. The molecule has 0 atom stereocenters. The summed E-state index contributed by atoms with van der Waals surface area (Å²) < 4.78 is 6.98. The number of carbonyl (C=O) groups excluding carboxylic acids is 1. The molecule has 3 rings (SSSR count). The summed E-state index contributed by atoms with van der Waals surface area (Å²) in [5, 5.41) is 3.87. The lowest BCUT2D eigenvalue weighted by atomic mass is 9.97. The summed E-state index contributed by atoms with van der Waals surface area (Å²) in [6.07, 6.45) is 4.48. The number of nitrogens with zero attached hydrogens (tertiary/aromatic N) is 3. The Labute approximate surface area is 98.4 Å². The van der Waals surface area contributed by atoms with Crippen LogP contribution in [0.1, 0.15) is 40.6 Å². The van der Waals surface area contributed by atoms with E-state index in [0.29, 0.717) is 24.7 Å². The van der Waals surface area contributed by atoms with E-state index < -0.39 is 0 Å². The molecule has 0 amide bonds. The molecule has 1 aliphatic carbocycles. The molecule has 0 aromatic carbocycles. The van der Waals surface area contributed by atoms with E-state index in [-0.39, 0.29) is 5.78 Å². The van der Waals surface area contributed by atoms with Crippen molar-refractivity contribution in [2.24, 2.45) is 0 Å². The Kier molecular flexibility index (Phi) is 2.31. The molecule has 5 nitrogen and oxygen atoms in total. The first kappa shape index (κ1) is 10.3. The summed E-state index contributed by atoms with van der Waals surface area (Å²) >= 11 is 0. The summed E-state index contributed by atoms with van der Waals surface area (Å²) in [4.78, 5) is 15.9. The highest BCUT2D eigenvalue weighted by Gasteiger charge is 2.20. The fourth-order valence-corrected chi connectivity index (χ4v) is 2.29. The Balaban J connectivity index is 1.91. The van der Waals surface area contributed by atoms with Crippen LogP contribution >= 0.6 is 0 Å². The smallest absolute Gasteiger partial charge is 0.223 e. The van der Waals surface area contributed by atoms with Gasteiger partial charge in [0, 0.05) is 30.8 Å². The first-order valence-electron chi connectivity index (χ1n) is 5.74. The van der Waals surface area contributed by atoms with Gasteiger partial charge in [0.05, 0.1) is 6.54 Å². The second-order valence-corrected chi connectivity index (χ2v) is 4.31. The third kappa shape index (κ3) is 1.77. The number of fused-ring (bicyclic) bond motifs is 1. The Bertz CT molecular complexity index is 568. The maximum absolute atomic E-state index is 11.7. The van der Waals surface area contributed by atoms with Crippen molar-refractivity contribution in [2.75, 3.05) is 0 Å². The molecule has 0 bridgehead atoms. The van der Waals surface area contributed by atoms with Gasteiger partial charge in [-0.1, -0.05) is 5.16 Å². The standard InChI is InChI=1S/C12H13N3O2/c1-8-13-12(14-17-8)7-15-6-5-9-10(15)3-2-4-11(9)16/h5-6H,2-4,7H2,1H3. The Hall–Kier alpha value is -1.91. The van der Waals surface area contributed by atoms with Crippen LogP contribution in [0.3, 0.4) is 0 Å². The average molecular weight is 231 g/mol. The SMILES string of the molecule is Cc1nc(Cn2ccc3c2CCCC3=O)no1. The zero-order chi connectivity index (χ0) is 11.8. The lowest BCUT2D eigenvalue weighted by Crippen LogP contribution is -2.13. The van der Waals surface area contributed by atoms with Crippen LogP contribution in [0.5, 0.6) is 0 Å². The van der Waals surface area contributed by atoms with Gasteiger partial charge in [0.25, 0.3) is 0 Å². The van der Waals surface area contributed by atoms with E-state index in [4.69, 9.17) is 4.52 Å². The minimum absolute atomic E-state index is 0.245. The minimum atomic E-state index is 0.245. The average Bonchev–Trinajstić information content (AvgIpc) is 2.88. The molecular formula is C12H13N3O2. The number of rotatable bonds is 2. The van der Waals surface area contributed by atoms with Gasteiger partial charge in [-0.2, -0.15) is 4.98 Å². The van der Waals surface area contributed by atoms with Gasteiger partial charge in [-0.15, -0.1) is 0 Å². The molecule has 2 aromatic heterocycles. The van der Waals surface area contributed by atoms with Crippen molar-refractivity contribution in [3.05, 3.63) is 35.2 Å². The maximum atomic E-state index is 11.7. The number of carbonyl (C=O) groups is 1. The molecule has 0 unspecified atom stereocenters. The molecule has 0 spiro atoms. The lowest BCUT2D eigenvalue weighted by Gasteiger charge is -2.13. The van der Waals surface area contributed by atoms with Crippen molar-refractivity contribution in [2.45, 2.75) is 32.7 Å². The van der Waals surface area contributed by atoms with Crippen LogP contribution in [0.2, 0.25) is 0 Å². The summed E-state index contributed by atoms with van der Waals surface area (Å²) in [6.45, 7) is 2.34. The predicted octanol–water partition coefficient (Wildman–Crippen LogP) is 1.75. The molecule has 88 valence electrons. The van der Waals surface area contributed by atoms with Crippen LogP contribution < -0.4 is 0 Å². The summed E-state index contributed by atoms with van der Waals surface area (Å²) in [5.74, 6) is 1.46. The van der Waals surface area contributed by atoms with Crippen LogP contribution in [-0.4, -0.2) is 20.5 Å². The second kappa shape index (κ2) is 3.84. The summed E-state index contributed by atoms with van der Waals surface area (Å²) in [5.41, 5.74) is 1.96. The van der Waals surface area contributed by atoms with Crippen LogP contribution in [0, 0.1) is 6.92 Å². The Morgan fingerprint density at radius 2 is 2.35 bits per heavy atom. The van der Waals surface area contributed by atoms with Gasteiger partial charge in [-0.25, -0.2) is 0 Å². The molecule has 0 N–H and O–H groups in total. The van der Waals surface area contributed by atoms with Gasteiger partial charge in [0.15, 0.2) is 11.6 Å². The largest absolute Gasteiger partial charge is 0.343 e. The van der Waals surface area contributed by atoms with Crippen molar-refractivity contribution in [3.8, 4) is 0 Å². The number of Topliss-reactive ketones (excluding diaryl/α,β-unsaturated/α-hetero) is 1. The van der Waals surface area contributed by atoms with Gasteiger partial charge >= 0.3 is 0 Å². The summed E-state index contributed by atoms with van der Waals surface area (Å²) in [7, 11) is 0. The minimum Gasteiger partial charge on any atom is -0.343 e. The fourth-order valence-electron chi connectivity index (χ4n) is 2.29. The first-order chi connectivity index (χ1) is 8.24. The highest BCUT2D eigenvalue weighted by atomic mass is 16.5. The Morgan fingerprint density at radius 3 is 3.12 bits per heavy atom. The molecular weight excluding hydrogens is 218 g/mol. The van der Waals surface area contributed by atoms with E-state index in [9.17, 15) is 4.79 Å². The maximum Gasteiger partial charge on any atom is 0.223 e. The topological polar surface area (TPSA) is 60.9 Å². The predicted molar refractivity (Wildman–Crippen MR) is 59.8 cm³/mol. The molecule has 2 aromatic rings. The van der Waals surface area contributed by atoms with Gasteiger partial charge in [-0.3, -0.25) is 4.79 Å². The molecule has 5 heteroatoms. The van der Waals surface area contributed by atoms with Crippen LogP contribution in [0.4, 0.5) is 0 Å². The van der Waals surface area contributed by atoms with Crippen molar-refractivity contribution in [1.82, 2.24) is 14.7 Å². The normalized spacial score (nSPS) is 15.0. The molecule has 0 aliphatic heterocycles. The molecule has 0 saturated heterocycles. The highest BCUT2D eigenvalue weighted by Crippen LogP contribution is 2.22. The quantitative estimate of drug-likeness (QED) is 0.790. The van der Waals surface area contributed by atoms with Crippen LogP contribution in [0.25, 0.3) is 0 Å². The third-order valence-corrected chi connectivity index (χ3v) is 3.08. The molecule has 17 heavy (non-hydrogen) atoms. The van der Waals surface area contributed by atoms with E-state index in [1.807, 2.05) is 16.8 Å². The van der Waals surface area contributed by atoms with Crippen LogP contribution in [0.15, 0.2) is 16.8 Å². The summed E-state index contributed by atoms with van der Waals surface area (Å²) in [6, 6.07) is 1.89. The van der Waals surface area contributed by atoms with Crippen molar-refractivity contribution in [3.63, 3.8) is 0 Å². The number of hydrogen-bond donors (Lipinski definition) is 0. The van der Waals surface area contributed by atoms with Gasteiger partial charge in [-0.05, 0) is 18.9 Å². The third-order valence-electron chi connectivity index (χ3n) is 3.08. The van der Waals surface area contributed by atoms with E-state index in [0.717, 1.165) is 24.1 Å². The van der Waals surface area contributed by atoms with Crippen LogP contribution in [-0.2, 0) is 13.0 Å². The number of aromatic nitrogens is 3. The number of ketones is 1. The van der Waals surface area contributed by atoms with Gasteiger partial charge in [0.1, 0.15) is 0 Å². The zero-order valence-corrected chi connectivity index (χ0v) is 9.64.